The van der Waals surface area contributed by atoms with Gasteiger partial charge in [-0.25, -0.2) is 0 Å². The number of nitrogens with one attached hydrogen (secondary N) is 1. The average molecular weight is 372 g/mol. The van der Waals surface area contributed by atoms with Gasteiger partial charge in [-0.3, -0.25) is 0 Å². The van der Waals surface area contributed by atoms with Crippen LogP contribution in [-0.4, -0.2) is 0 Å². The summed E-state index contributed by atoms with van der Waals surface area (Å²) in [5.41, 5.74) is 0.926. The number of nitrogens with zero attached hydrogens (tertiary/aromatic N) is 1. The Kier molecular flexibility index (Phi) is 4.21. The molecule has 2 nitrogen and oxygen atoms in total. The van der Waals surface area contributed by atoms with Crippen molar-refractivity contribution in [2.24, 2.45) is 0 Å². The Morgan fingerprint density at radius 2 is 2.06 bits per heavy atom. The van der Waals surface area contributed by atoms with Crippen LogP contribution in [0, 0.1) is 11.3 Å². The molecular formula is C12H8Br2N2S. The molecular weight excluding hydrogens is 364 g/mol. The van der Waals surface area contributed by atoms with Crippen LogP contribution in [-0.2, 0) is 0 Å². The van der Waals surface area contributed by atoms with Crippen molar-refractivity contribution in [3.8, 4) is 6.07 Å². The van der Waals surface area contributed by atoms with Gasteiger partial charge in [-0.1, -0.05) is 22.0 Å². The first kappa shape index (κ1) is 12.6. The molecule has 0 radical (unpaired) electrons. The number of nitriles is 1. The lowest BCUT2D eigenvalue weighted by Gasteiger charge is -2.11. The fourth-order valence-corrected chi connectivity index (χ4v) is 3.23. The molecule has 2 aromatic rings. The Balaban J connectivity index is 2.19. The van der Waals surface area contributed by atoms with E-state index in [1.807, 2.05) is 35.7 Å². The van der Waals surface area contributed by atoms with Crippen molar-refractivity contribution >= 4 is 48.9 Å². The summed E-state index contributed by atoms with van der Waals surface area (Å²) in [5.74, 6) is 0. The second kappa shape index (κ2) is 5.67. The van der Waals surface area contributed by atoms with Crippen LogP contribution in [0.25, 0.3) is 0 Å². The van der Waals surface area contributed by atoms with Crippen molar-refractivity contribution in [3.05, 3.63) is 49.5 Å². The highest BCUT2D eigenvalue weighted by atomic mass is 79.9. The zero-order valence-electron chi connectivity index (χ0n) is 8.65. The lowest BCUT2D eigenvalue weighted by molar-refractivity contribution is 1.03. The van der Waals surface area contributed by atoms with Crippen LogP contribution < -0.4 is 5.32 Å². The molecule has 0 aliphatic rings. The number of halogens is 2. The van der Waals surface area contributed by atoms with E-state index in [0.29, 0.717) is 0 Å². The van der Waals surface area contributed by atoms with Crippen LogP contribution >= 0.6 is 43.2 Å². The van der Waals surface area contributed by atoms with E-state index < -0.39 is 0 Å². The van der Waals surface area contributed by atoms with E-state index in [9.17, 15) is 5.26 Å². The topological polar surface area (TPSA) is 35.8 Å². The summed E-state index contributed by atoms with van der Waals surface area (Å²) in [6.07, 6.45) is 0. The van der Waals surface area contributed by atoms with Gasteiger partial charge in [-0.2, -0.15) is 5.26 Å². The molecule has 0 bridgehead atoms. The fourth-order valence-electron chi connectivity index (χ4n) is 1.39. The summed E-state index contributed by atoms with van der Waals surface area (Å²) >= 11 is 8.36. The Bertz CT molecular complexity index is 560. The maximum absolute atomic E-state index is 9.19. The Morgan fingerprint density at radius 1 is 1.24 bits per heavy atom. The van der Waals surface area contributed by atoms with Crippen LogP contribution in [0.1, 0.15) is 10.9 Å². The lowest BCUT2D eigenvalue weighted by atomic mass is 10.2. The molecule has 86 valence electrons. The van der Waals surface area contributed by atoms with Gasteiger partial charge in [0.05, 0.1) is 6.07 Å². The van der Waals surface area contributed by atoms with E-state index >= 15 is 0 Å². The SMILES string of the molecule is N#CC(Nc1cccc(Br)c1)c1cc(Br)cs1. The smallest absolute Gasteiger partial charge is 0.149 e. The highest BCUT2D eigenvalue weighted by Crippen LogP contribution is 2.28. The molecule has 0 saturated heterocycles. The number of benzene rings is 1. The summed E-state index contributed by atoms with van der Waals surface area (Å²) in [5, 5.41) is 14.4. The molecule has 1 aromatic carbocycles. The summed E-state index contributed by atoms with van der Waals surface area (Å²) in [6, 6.07) is 11.7. The van der Waals surface area contributed by atoms with Crippen molar-refractivity contribution in [3.63, 3.8) is 0 Å². The van der Waals surface area contributed by atoms with Gasteiger partial charge in [0.2, 0.25) is 0 Å². The van der Waals surface area contributed by atoms with E-state index in [2.05, 4.69) is 43.2 Å². The van der Waals surface area contributed by atoms with E-state index in [1.165, 1.54) is 0 Å². The minimum absolute atomic E-state index is 0.319. The number of anilines is 1. The van der Waals surface area contributed by atoms with Gasteiger partial charge in [-0.15, -0.1) is 11.3 Å². The summed E-state index contributed by atoms with van der Waals surface area (Å²) in [6.45, 7) is 0. The second-order valence-electron chi connectivity index (χ2n) is 3.38. The minimum Gasteiger partial charge on any atom is -0.366 e. The zero-order chi connectivity index (χ0) is 12.3. The molecule has 0 fully saturated rings. The van der Waals surface area contributed by atoms with Crippen molar-refractivity contribution in [2.75, 3.05) is 5.32 Å². The van der Waals surface area contributed by atoms with Crippen LogP contribution in [0.5, 0.6) is 0 Å². The monoisotopic (exact) mass is 370 g/mol. The lowest BCUT2D eigenvalue weighted by Crippen LogP contribution is -2.06. The molecule has 17 heavy (non-hydrogen) atoms. The standard InChI is InChI=1S/C12H8Br2N2S/c13-8-2-1-3-10(4-8)16-11(6-15)12-5-9(14)7-17-12/h1-5,7,11,16H. The molecule has 0 aliphatic carbocycles. The first-order valence-corrected chi connectivity index (χ1v) is 7.31. The molecule has 0 spiro atoms. The van der Waals surface area contributed by atoms with Gasteiger partial charge in [0, 0.05) is 24.9 Å². The minimum atomic E-state index is -0.319. The van der Waals surface area contributed by atoms with Crippen LogP contribution in [0.3, 0.4) is 0 Å². The molecule has 1 N–H and O–H groups in total. The summed E-state index contributed by atoms with van der Waals surface area (Å²) in [7, 11) is 0. The number of thiophene rings is 1. The van der Waals surface area contributed by atoms with Crippen LogP contribution in [0.15, 0.2) is 44.7 Å². The number of rotatable bonds is 3. The summed E-state index contributed by atoms with van der Waals surface area (Å²) < 4.78 is 2.00. The van der Waals surface area contributed by atoms with Gasteiger partial charge in [-0.05, 0) is 40.2 Å². The molecule has 1 aromatic heterocycles. The van der Waals surface area contributed by atoms with Crippen molar-refractivity contribution < 1.29 is 0 Å². The van der Waals surface area contributed by atoms with Gasteiger partial charge in [0.1, 0.15) is 6.04 Å². The quantitative estimate of drug-likeness (QED) is 0.828. The molecule has 1 atom stereocenters. The van der Waals surface area contributed by atoms with E-state index in [0.717, 1.165) is 19.5 Å². The molecule has 0 amide bonds. The van der Waals surface area contributed by atoms with E-state index in [1.54, 1.807) is 11.3 Å². The van der Waals surface area contributed by atoms with E-state index in [-0.39, 0.29) is 6.04 Å². The van der Waals surface area contributed by atoms with Crippen molar-refractivity contribution in [2.45, 2.75) is 6.04 Å². The molecule has 1 heterocycles. The van der Waals surface area contributed by atoms with Gasteiger partial charge in [0.15, 0.2) is 0 Å². The maximum atomic E-state index is 9.19. The molecule has 1 unspecified atom stereocenters. The first-order valence-electron chi connectivity index (χ1n) is 4.84. The third kappa shape index (κ3) is 3.32. The van der Waals surface area contributed by atoms with Crippen LogP contribution in [0.2, 0.25) is 0 Å². The predicted molar refractivity (Wildman–Crippen MR) is 78.1 cm³/mol. The largest absolute Gasteiger partial charge is 0.366 e. The van der Waals surface area contributed by atoms with Crippen LogP contribution in [0.4, 0.5) is 5.69 Å². The van der Waals surface area contributed by atoms with Crippen molar-refractivity contribution in [1.82, 2.24) is 0 Å². The van der Waals surface area contributed by atoms with E-state index in [4.69, 9.17) is 0 Å². The average Bonchev–Trinajstić information content (AvgIpc) is 2.73. The van der Waals surface area contributed by atoms with Gasteiger partial charge in [0.25, 0.3) is 0 Å². The summed E-state index contributed by atoms with van der Waals surface area (Å²) in [4.78, 5) is 0.999. The Morgan fingerprint density at radius 3 is 2.65 bits per heavy atom. The Hall–Kier alpha value is -0.830. The number of hydrogen-bond acceptors (Lipinski definition) is 3. The Labute approximate surface area is 121 Å². The predicted octanol–water partition coefficient (Wildman–Crippen LogP) is 4.95. The first-order chi connectivity index (χ1) is 8.19. The number of hydrogen-bond donors (Lipinski definition) is 1. The zero-order valence-corrected chi connectivity index (χ0v) is 12.6. The maximum Gasteiger partial charge on any atom is 0.149 e. The molecule has 5 heteroatoms. The molecule has 0 aliphatic heterocycles. The fraction of sp³-hybridized carbons (Fsp3) is 0.0833. The molecule has 2 rings (SSSR count). The highest BCUT2D eigenvalue weighted by Gasteiger charge is 2.12. The highest BCUT2D eigenvalue weighted by molar-refractivity contribution is 9.10. The van der Waals surface area contributed by atoms with Gasteiger partial charge >= 0.3 is 0 Å². The van der Waals surface area contributed by atoms with Gasteiger partial charge < -0.3 is 5.32 Å². The second-order valence-corrected chi connectivity index (χ2v) is 6.16. The molecule has 0 saturated carbocycles. The third-order valence-electron chi connectivity index (χ3n) is 2.14. The van der Waals surface area contributed by atoms with Crippen molar-refractivity contribution in [1.29, 1.82) is 5.26 Å². The normalized spacial score (nSPS) is 11.8. The third-order valence-corrected chi connectivity index (χ3v) is 4.39.